The fraction of sp³-hybridized carbons (Fsp3) is 0.433. The van der Waals surface area contributed by atoms with Gasteiger partial charge in [0.05, 0.1) is 18.4 Å². The predicted octanol–water partition coefficient (Wildman–Crippen LogP) is 6.02. The van der Waals surface area contributed by atoms with Crippen molar-refractivity contribution in [3.8, 4) is 23.3 Å². The lowest BCUT2D eigenvalue weighted by Gasteiger charge is -2.21. The lowest BCUT2D eigenvalue weighted by molar-refractivity contribution is 0.292. The molecule has 2 heterocycles. The minimum absolute atomic E-state index is 0.318. The van der Waals surface area contributed by atoms with Crippen molar-refractivity contribution in [1.29, 1.82) is 0 Å². The summed E-state index contributed by atoms with van der Waals surface area (Å²) in [5.41, 5.74) is 3.09. The number of allylic oxidation sites excluding steroid dienone is 1. The third-order valence-electron chi connectivity index (χ3n) is 6.94. The molecule has 0 aliphatic heterocycles. The number of pyridine rings is 1. The Bertz CT molecular complexity index is 1250. The van der Waals surface area contributed by atoms with Gasteiger partial charge in [-0.2, -0.15) is 0 Å². The van der Waals surface area contributed by atoms with Crippen LogP contribution in [-0.2, 0) is 6.61 Å². The molecular weight excluding hydrogens is 478 g/mol. The lowest BCUT2D eigenvalue weighted by Crippen LogP contribution is -2.31. The molecule has 2 aliphatic carbocycles. The molecule has 5 rings (SSSR count). The third kappa shape index (κ3) is 7.03. The van der Waals surface area contributed by atoms with Gasteiger partial charge >= 0.3 is 0 Å². The molecule has 1 N–H and O–H groups in total. The molecule has 1 unspecified atom stereocenters. The number of hydrogen-bond donors (Lipinski definition) is 1. The zero-order valence-electron chi connectivity index (χ0n) is 21.5. The Kier molecular flexibility index (Phi) is 8.94. The number of benzene rings is 1. The summed E-state index contributed by atoms with van der Waals surface area (Å²) in [7, 11) is 0. The maximum atomic E-state index is 6.17. The van der Waals surface area contributed by atoms with Crippen molar-refractivity contribution >= 4 is 11.8 Å². The van der Waals surface area contributed by atoms with Gasteiger partial charge in [-0.15, -0.1) is 10.2 Å². The van der Waals surface area contributed by atoms with Gasteiger partial charge in [-0.1, -0.05) is 55.0 Å². The first-order valence-electron chi connectivity index (χ1n) is 13.4. The van der Waals surface area contributed by atoms with Crippen molar-refractivity contribution < 1.29 is 4.74 Å². The second-order valence-corrected chi connectivity index (χ2v) is 11.0. The van der Waals surface area contributed by atoms with Gasteiger partial charge < -0.3 is 10.1 Å². The van der Waals surface area contributed by atoms with Gasteiger partial charge in [0.1, 0.15) is 12.4 Å². The minimum Gasteiger partial charge on any atom is -0.486 e. The summed E-state index contributed by atoms with van der Waals surface area (Å²) >= 11 is 1.75. The van der Waals surface area contributed by atoms with Crippen LogP contribution in [0.2, 0.25) is 0 Å². The van der Waals surface area contributed by atoms with Gasteiger partial charge in [-0.25, -0.2) is 0 Å². The van der Waals surface area contributed by atoms with Gasteiger partial charge in [0.15, 0.2) is 11.0 Å². The second kappa shape index (κ2) is 12.9. The van der Waals surface area contributed by atoms with Gasteiger partial charge in [0.25, 0.3) is 0 Å². The summed E-state index contributed by atoms with van der Waals surface area (Å²) in [5, 5.41) is 13.9. The fourth-order valence-electron chi connectivity index (χ4n) is 4.89. The van der Waals surface area contributed by atoms with Crippen molar-refractivity contribution in [1.82, 2.24) is 25.1 Å². The van der Waals surface area contributed by atoms with E-state index in [1.54, 1.807) is 18.0 Å². The predicted molar refractivity (Wildman–Crippen MR) is 149 cm³/mol. The van der Waals surface area contributed by atoms with E-state index in [1.165, 1.54) is 38.5 Å². The molecule has 2 aromatic heterocycles. The number of hydrogen-bond acceptors (Lipinski definition) is 6. The molecule has 0 saturated heterocycles. The monoisotopic (exact) mass is 513 g/mol. The number of nitrogens with one attached hydrogen (secondary N) is 1. The second-order valence-electron chi connectivity index (χ2n) is 9.74. The molecule has 3 aromatic rings. The van der Waals surface area contributed by atoms with E-state index in [-0.39, 0.29) is 0 Å². The Morgan fingerprint density at radius 3 is 2.81 bits per heavy atom. The van der Waals surface area contributed by atoms with Gasteiger partial charge in [-0.05, 0) is 74.9 Å². The standard InChI is InChI=1S/C30H35N5OS/c1-23-20-27(17-16-24(23)10-8-19-32-25-11-4-2-5-12-25)36-22-29-33-34-30(37-28-14-6-3-7-15-28)35(29)26-13-9-18-31-21-26/h6,9,13-14,16-18,20-21,25,28,32H,2-5,7,11-12,15,19,22H2,1H3. The number of ether oxygens (including phenoxy) is 1. The molecule has 0 bridgehead atoms. The van der Waals surface area contributed by atoms with Crippen LogP contribution in [0.1, 0.15) is 68.3 Å². The van der Waals surface area contributed by atoms with Crippen LogP contribution in [0.5, 0.6) is 5.75 Å². The Hall–Kier alpha value is -3.08. The van der Waals surface area contributed by atoms with Gasteiger partial charge in [-0.3, -0.25) is 9.55 Å². The Morgan fingerprint density at radius 2 is 2.03 bits per heavy atom. The molecule has 192 valence electrons. The topological polar surface area (TPSA) is 64.9 Å². The van der Waals surface area contributed by atoms with Crippen LogP contribution >= 0.6 is 11.8 Å². The molecular formula is C30H35N5OS. The van der Waals surface area contributed by atoms with Crippen LogP contribution in [-0.4, -0.2) is 37.6 Å². The Morgan fingerprint density at radius 1 is 1.11 bits per heavy atom. The van der Waals surface area contributed by atoms with Gasteiger partial charge in [0.2, 0.25) is 0 Å². The maximum Gasteiger partial charge on any atom is 0.196 e. The normalized spacial score (nSPS) is 17.8. The number of aryl methyl sites for hydroxylation is 1. The number of nitrogens with zero attached hydrogens (tertiary/aromatic N) is 4. The van der Waals surface area contributed by atoms with Crippen LogP contribution in [0, 0.1) is 18.8 Å². The van der Waals surface area contributed by atoms with Crippen molar-refractivity contribution in [3.63, 3.8) is 0 Å². The first-order chi connectivity index (χ1) is 18.3. The molecule has 0 radical (unpaired) electrons. The fourth-order valence-corrected chi connectivity index (χ4v) is 6.03. The van der Waals surface area contributed by atoms with Crippen LogP contribution in [0.15, 0.2) is 60.0 Å². The quantitative estimate of drug-likeness (QED) is 0.293. The molecule has 1 aromatic carbocycles. The van der Waals surface area contributed by atoms with E-state index in [9.17, 15) is 0 Å². The van der Waals surface area contributed by atoms with Crippen molar-refractivity contribution in [2.45, 2.75) is 81.3 Å². The Balaban J connectivity index is 1.24. The van der Waals surface area contributed by atoms with Crippen molar-refractivity contribution in [3.05, 3.63) is 71.8 Å². The highest BCUT2D eigenvalue weighted by Crippen LogP contribution is 2.31. The summed E-state index contributed by atoms with van der Waals surface area (Å²) < 4.78 is 8.23. The molecule has 2 aliphatic rings. The number of rotatable bonds is 8. The van der Waals surface area contributed by atoms with Gasteiger partial charge in [0, 0.05) is 23.1 Å². The average Bonchev–Trinajstić information content (AvgIpc) is 3.34. The zero-order valence-corrected chi connectivity index (χ0v) is 22.3. The molecule has 0 spiro atoms. The molecule has 0 amide bonds. The highest BCUT2D eigenvalue weighted by atomic mass is 32.2. The van der Waals surface area contributed by atoms with E-state index >= 15 is 0 Å². The summed E-state index contributed by atoms with van der Waals surface area (Å²) in [6.45, 7) is 3.14. The maximum absolute atomic E-state index is 6.17. The zero-order chi connectivity index (χ0) is 25.3. The van der Waals surface area contributed by atoms with E-state index in [0.29, 0.717) is 17.9 Å². The first kappa shape index (κ1) is 25.6. The molecule has 7 heteroatoms. The smallest absolute Gasteiger partial charge is 0.196 e. The SMILES string of the molecule is Cc1cc(OCc2nnc(SC3C=CCCC3)n2-c2cccnc2)ccc1C#CCNC1CCCCC1. The van der Waals surface area contributed by atoms with Crippen LogP contribution in [0.25, 0.3) is 5.69 Å². The van der Waals surface area contributed by atoms with E-state index in [2.05, 4.69) is 56.0 Å². The average molecular weight is 514 g/mol. The molecule has 1 saturated carbocycles. The molecule has 37 heavy (non-hydrogen) atoms. The van der Waals surface area contributed by atoms with Crippen molar-refractivity contribution in [2.24, 2.45) is 0 Å². The summed E-state index contributed by atoms with van der Waals surface area (Å²) in [5.74, 6) is 8.16. The Labute approximate surface area is 224 Å². The largest absolute Gasteiger partial charge is 0.486 e. The van der Waals surface area contributed by atoms with Crippen LogP contribution in [0.3, 0.4) is 0 Å². The summed E-state index contributed by atoms with van der Waals surface area (Å²) in [4.78, 5) is 4.31. The third-order valence-corrected chi connectivity index (χ3v) is 8.12. The molecule has 1 atom stereocenters. The highest BCUT2D eigenvalue weighted by molar-refractivity contribution is 7.99. The molecule has 6 nitrogen and oxygen atoms in total. The van der Waals surface area contributed by atoms with Crippen LogP contribution in [0.4, 0.5) is 0 Å². The van der Waals surface area contributed by atoms with E-state index < -0.39 is 0 Å². The minimum atomic E-state index is 0.318. The summed E-state index contributed by atoms with van der Waals surface area (Å²) in [6, 6.07) is 10.7. The van der Waals surface area contributed by atoms with E-state index in [0.717, 1.165) is 52.9 Å². The first-order valence-corrected chi connectivity index (χ1v) is 14.3. The molecule has 1 fully saturated rings. The number of thioether (sulfide) groups is 1. The lowest BCUT2D eigenvalue weighted by atomic mass is 9.95. The van der Waals surface area contributed by atoms with E-state index in [1.807, 2.05) is 36.5 Å². The van der Waals surface area contributed by atoms with E-state index in [4.69, 9.17) is 4.74 Å². The summed E-state index contributed by atoms with van der Waals surface area (Å²) in [6.07, 6.45) is 18.3. The van der Waals surface area contributed by atoms with Crippen molar-refractivity contribution in [2.75, 3.05) is 6.54 Å². The highest BCUT2D eigenvalue weighted by Gasteiger charge is 2.19. The number of aromatic nitrogens is 4. The van der Waals surface area contributed by atoms with Crippen LogP contribution < -0.4 is 10.1 Å².